The Morgan fingerprint density at radius 3 is 2.86 bits per heavy atom. The van der Waals surface area contributed by atoms with Gasteiger partial charge >= 0.3 is 7.05 Å². The molecule has 0 spiro atoms. The molecule has 1 N–H and O–H groups in total. The van der Waals surface area contributed by atoms with Gasteiger partial charge in [-0.25, -0.2) is 0 Å². The highest BCUT2D eigenvalue weighted by Crippen LogP contribution is 2.32. The fourth-order valence-corrected chi connectivity index (χ4v) is 2.42. The lowest BCUT2D eigenvalue weighted by Crippen LogP contribution is -2.52. The number of unbranched alkanes of at least 4 members (excludes halogenated alkanes) is 1. The zero-order chi connectivity index (χ0) is 10.6. The van der Waals surface area contributed by atoms with Gasteiger partial charge < -0.3 is 14.6 Å². The summed E-state index contributed by atoms with van der Waals surface area (Å²) in [6.07, 6.45) is 6.01. The first-order chi connectivity index (χ1) is 6.66. The molecule has 0 aromatic rings. The van der Waals surface area contributed by atoms with Gasteiger partial charge in [-0.05, 0) is 32.6 Å². The Balaban J connectivity index is 2.69. The summed E-state index contributed by atoms with van der Waals surface area (Å²) in [4.78, 5) is 13.1. The molecule has 0 saturated carbocycles. The molecule has 1 heterocycles. The van der Waals surface area contributed by atoms with E-state index in [1.54, 1.807) is 6.82 Å². The molecule has 1 unspecified atom stereocenters. The van der Waals surface area contributed by atoms with E-state index in [1.807, 2.05) is 4.81 Å². The topological polar surface area (TPSA) is 40.5 Å². The van der Waals surface area contributed by atoms with E-state index in [9.17, 15) is 9.82 Å². The van der Waals surface area contributed by atoms with E-state index in [4.69, 9.17) is 0 Å². The first-order valence-electron chi connectivity index (χ1n) is 5.57. The number of hydrogen-bond donors (Lipinski definition) is 1. The average molecular weight is 197 g/mol. The number of hydrogen-bond acceptors (Lipinski definition) is 3. The van der Waals surface area contributed by atoms with E-state index in [-0.39, 0.29) is 5.54 Å². The molecular weight excluding hydrogens is 177 g/mol. The molecule has 0 aromatic carbocycles. The normalized spacial score (nSPS) is 27.9. The van der Waals surface area contributed by atoms with Crippen molar-refractivity contribution in [2.45, 2.75) is 51.4 Å². The summed E-state index contributed by atoms with van der Waals surface area (Å²) >= 11 is 0. The Labute approximate surface area is 86.6 Å². The maximum atomic E-state index is 11.2. The first kappa shape index (κ1) is 11.7. The van der Waals surface area contributed by atoms with Crippen LogP contribution >= 0.6 is 0 Å². The molecule has 0 bridgehead atoms. The smallest absolute Gasteiger partial charge is 0.377 e. The van der Waals surface area contributed by atoms with E-state index in [0.29, 0.717) is 0 Å². The summed E-state index contributed by atoms with van der Waals surface area (Å²) in [6.45, 7) is 4.72. The lowest BCUT2D eigenvalue weighted by atomic mass is 9.78. The van der Waals surface area contributed by atoms with Crippen molar-refractivity contribution in [3.05, 3.63) is 0 Å². The minimum absolute atomic E-state index is 0.371. The second kappa shape index (κ2) is 4.94. The van der Waals surface area contributed by atoms with Crippen molar-refractivity contribution in [2.75, 3.05) is 6.54 Å². The third-order valence-corrected chi connectivity index (χ3v) is 3.21. The molecule has 0 radical (unpaired) electrons. The quantitative estimate of drug-likeness (QED) is 0.533. The zero-order valence-electron chi connectivity index (χ0n) is 9.20. The van der Waals surface area contributed by atoms with Gasteiger partial charge in [0.15, 0.2) is 0 Å². The zero-order valence-corrected chi connectivity index (χ0v) is 9.20. The Bertz CT molecular complexity index is 199. The molecule has 3 nitrogen and oxygen atoms in total. The minimum atomic E-state index is -0.500. The van der Waals surface area contributed by atoms with Crippen molar-refractivity contribution in [2.24, 2.45) is 0 Å². The van der Waals surface area contributed by atoms with Crippen LogP contribution in [-0.2, 0) is 4.79 Å². The lowest BCUT2D eigenvalue weighted by Gasteiger charge is -2.34. The Hall–Kier alpha value is -0.345. The second-order valence-electron chi connectivity index (χ2n) is 4.25. The number of carbonyl (C=O) groups is 1. The van der Waals surface area contributed by atoms with E-state index >= 15 is 0 Å². The molecule has 1 aliphatic rings. The van der Waals surface area contributed by atoms with Crippen LogP contribution < -0.4 is 0 Å². The summed E-state index contributed by atoms with van der Waals surface area (Å²) in [5.41, 5.74) is -0.371. The SMILES string of the molecule is CCCCC1(C=O)CCCN1B(C)O. The van der Waals surface area contributed by atoms with Crippen LogP contribution in [-0.4, -0.2) is 35.3 Å². The van der Waals surface area contributed by atoms with Gasteiger partial charge in [0, 0.05) is 0 Å². The molecule has 1 saturated heterocycles. The molecule has 1 rings (SSSR count). The van der Waals surface area contributed by atoms with Crippen molar-refractivity contribution >= 4 is 13.3 Å². The highest BCUT2D eigenvalue weighted by molar-refractivity contribution is 6.46. The van der Waals surface area contributed by atoms with Gasteiger partial charge in [-0.15, -0.1) is 0 Å². The summed E-state index contributed by atoms with van der Waals surface area (Å²) in [5.74, 6) is 0. The third-order valence-electron chi connectivity index (χ3n) is 3.21. The predicted octanol–water partition coefficient (Wildman–Crippen LogP) is 1.32. The summed E-state index contributed by atoms with van der Waals surface area (Å²) < 4.78 is 0. The lowest BCUT2D eigenvalue weighted by molar-refractivity contribution is -0.115. The van der Waals surface area contributed by atoms with Crippen molar-refractivity contribution in [1.82, 2.24) is 4.81 Å². The molecular formula is C10H20BNO2. The number of aldehydes is 1. The Morgan fingerprint density at radius 1 is 1.64 bits per heavy atom. The molecule has 1 fully saturated rings. The second-order valence-corrected chi connectivity index (χ2v) is 4.25. The van der Waals surface area contributed by atoms with E-state index in [2.05, 4.69) is 6.92 Å². The van der Waals surface area contributed by atoms with Crippen molar-refractivity contribution < 1.29 is 9.82 Å². The monoisotopic (exact) mass is 197 g/mol. The van der Waals surface area contributed by atoms with Gasteiger partial charge in [-0.3, -0.25) is 0 Å². The maximum absolute atomic E-state index is 11.2. The molecule has 1 atom stereocenters. The van der Waals surface area contributed by atoms with Crippen LogP contribution in [0.15, 0.2) is 0 Å². The molecule has 0 amide bonds. The van der Waals surface area contributed by atoms with E-state index < -0.39 is 7.05 Å². The van der Waals surface area contributed by atoms with Gasteiger partial charge in [0.1, 0.15) is 6.29 Å². The van der Waals surface area contributed by atoms with Gasteiger partial charge in [-0.1, -0.05) is 19.8 Å². The van der Waals surface area contributed by atoms with Crippen LogP contribution in [0.1, 0.15) is 39.0 Å². The van der Waals surface area contributed by atoms with Crippen LogP contribution in [0.2, 0.25) is 6.82 Å². The number of rotatable bonds is 5. The molecule has 0 aliphatic carbocycles. The van der Waals surface area contributed by atoms with Crippen LogP contribution in [0.4, 0.5) is 0 Å². The van der Waals surface area contributed by atoms with Gasteiger partial charge in [-0.2, -0.15) is 0 Å². The fraction of sp³-hybridized carbons (Fsp3) is 0.900. The van der Waals surface area contributed by atoms with Gasteiger partial charge in [0.05, 0.1) is 5.54 Å². The summed E-state index contributed by atoms with van der Waals surface area (Å²) in [5, 5.41) is 9.59. The van der Waals surface area contributed by atoms with Crippen molar-refractivity contribution in [3.63, 3.8) is 0 Å². The summed E-state index contributed by atoms with van der Waals surface area (Å²) in [6, 6.07) is 0. The van der Waals surface area contributed by atoms with Crippen LogP contribution in [0.3, 0.4) is 0 Å². The third kappa shape index (κ3) is 2.18. The van der Waals surface area contributed by atoms with Crippen LogP contribution in [0.5, 0.6) is 0 Å². The molecule has 80 valence electrons. The van der Waals surface area contributed by atoms with Crippen LogP contribution in [0.25, 0.3) is 0 Å². The minimum Gasteiger partial charge on any atom is -0.437 e. The standard InChI is InChI=1S/C10H20BNO2/c1-3-4-6-10(9-13)7-5-8-12(10)11(2)14/h9,14H,3-8H2,1-2H3. The number of carbonyl (C=O) groups excluding carboxylic acids is 1. The highest BCUT2D eigenvalue weighted by Gasteiger charge is 2.43. The van der Waals surface area contributed by atoms with Crippen molar-refractivity contribution in [3.8, 4) is 0 Å². The molecule has 14 heavy (non-hydrogen) atoms. The van der Waals surface area contributed by atoms with E-state index in [0.717, 1.165) is 44.9 Å². The molecule has 1 aliphatic heterocycles. The summed E-state index contributed by atoms with van der Waals surface area (Å²) in [7, 11) is -0.500. The Kier molecular flexibility index (Phi) is 4.14. The van der Waals surface area contributed by atoms with Crippen LogP contribution in [0, 0.1) is 0 Å². The van der Waals surface area contributed by atoms with E-state index in [1.165, 1.54) is 0 Å². The van der Waals surface area contributed by atoms with Gasteiger partial charge in [0.2, 0.25) is 0 Å². The molecule has 0 aromatic heterocycles. The fourth-order valence-electron chi connectivity index (χ4n) is 2.42. The highest BCUT2D eigenvalue weighted by atomic mass is 16.2. The predicted molar refractivity (Wildman–Crippen MR) is 58.1 cm³/mol. The first-order valence-corrected chi connectivity index (χ1v) is 5.57. The van der Waals surface area contributed by atoms with Crippen molar-refractivity contribution in [1.29, 1.82) is 0 Å². The van der Waals surface area contributed by atoms with Gasteiger partial charge in [0.25, 0.3) is 0 Å². The maximum Gasteiger partial charge on any atom is 0.377 e. The average Bonchev–Trinajstić information content (AvgIpc) is 2.59. The number of nitrogens with zero attached hydrogens (tertiary/aromatic N) is 1. The molecule has 4 heteroatoms. The Morgan fingerprint density at radius 2 is 2.36 bits per heavy atom. The largest absolute Gasteiger partial charge is 0.437 e.